The summed E-state index contributed by atoms with van der Waals surface area (Å²) in [5.41, 5.74) is 3.93. The van der Waals surface area contributed by atoms with E-state index in [1.165, 1.54) is 11.8 Å². The van der Waals surface area contributed by atoms with Crippen LogP contribution in [0.5, 0.6) is 0 Å². The molecule has 2 aromatic carbocycles. The summed E-state index contributed by atoms with van der Waals surface area (Å²) in [6.45, 7) is 3.90. The monoisotopic (exact) mass is 403 g/mol. The van der Waals surface area contributed by atoms with Crippen molar-refractivity contribution in [3.63, 3.8) is 0 Å². The van der Waals surface area contributed by atoms with Gasteiger partial charge >= 0.3 is 0 Å². The molecule has 0 spiro atoms. The number of benzene rings is 2. The first-order valence-electron chi connectivity index (χ1n) is 7.61. The van der Waals surface area contributed by atoms with Crippen LogP contribution in [0, 0.1) is 6.92 Å². The number of hydrogen-bond donors (Lipinski definition) is 1. The number of rotatable bonds is 4. The Morgan fingerprint density at radius 3 is 2.75 bits per heavy atom. The average molecular weight is 404 g/mol. The van der Waals surface area contributed by atoms with Crippen LogP contribution in [0.15, 0.2) is 52.1 Å². The lowest BCUT2D eigenvalue weighted by molar-refractivity contribution is -0.115. The number of hydrogen-bond acceptors (Lipinski definition) is 3. The van der Waals surface area contributed by atoms with Crippen molar-refractivity contribution < 1.29 is 4.79 Å². The van der Waals surface area contributed by atoms with E-state index in [1.54, 1.807) is 0 Å². The zero-order chi connectivity index (χ0) is 17.3. The molecule has 3 rings (SSSR count). The minimum Gasteiger partial charge on any atom is -0.324 e. The molecule has 0 fully saturated rings. The second kappa shape index (κ2) is 6.99. The molecule has 4 nitrogen and oxygen atoms in total. The first-order chi connectivity index (χ1) is 11.5. The molecule has 0 bridgehead atoms. The fourth-order valence-electron chi connectivity index (χ4n) is 2.40. The van der Waals surface area contributed by atoms with Crippen molar-refractivity contribution in [3.05, 3.63) is 52.5 Å². The Hall–Kier alpha value is -1.79. The highest BCUT2D eigenvalue weighted by Crippen LogP contribution is 2.28. The Balaban J connectivity index is 1.74. The Bertz CT molecular complexity index is 906. The van der Waals surface area contributed by atoms with Crippen molar-refractivity contribution in [2.45, 2.75) is 24.3 Å². The van der Waals surface area contributed by atoms with E-state index in [1.807, 2.05) is 67.9 Å². The van der Waals surface area contributed by atoms with E-state index < -0.39 is 0 Å². The van der Waals surface area contributed by atoms with Crippen molar-refractivity contribution in [2.24, 2.45) is 7.05 Å². The van der Waals surface area contributed by atoms with Crippen LogP contribution in [0.3, 0.4) is 0 Å². The lowest BCUT2D eigenvalue weighted by Crippen LogP contribution is -2.23. The van der Waals surface area contributed by atoms with E-state index in [2.05, 4.69) is 26.2 Å². The number of para-hydroxylation sites is 2. The molecule has 0 saturated heterocycles. The van der Waals surface area contributed by atoms with Gasteiger partial charge in [-0.15, -0.1) is 0 Å². The van der Waals surface area contributed by atoms with Gasteiger partial charge in [0.2, 0.25) is 5.91 Å². The van der Waals surface area contributed by atoms with Crippen LogP contribution in [0.1, 0.15) is 12.5 Å². The van der Waals surface area contributed by atoms with Crippen LogP contribution >= 0.6 is 27.7 Å². The molecule has 6 heteroatoms. The molecule has 3 aromatic rings. The highest BCUT2D eigenvalue weighted by molar-refractivity contribution is 9.10. The van der Waals surface area contributed by atoms with Gasteiger partial charge in [-0.2, -0.15) is 0 Å². The molecule has 124 valence electrons. The standard InChI is InChI=1S/C18H18BrN3OS/c1-11-8-9-14(13(19)10-11)20-17(23)12(2)24-18-21-15-6-4-5-7-16(15)22(18)3/h4-10,12H,1-3H3,(H,20,23). The fourth-order valence-corrected chi connectivity index (χ4v) is 3.88. The van der Waals surface area contributed by atoms with E-state index in [4.69, 9.17) is 0 Å². The molecule has 1 atom stereocenters. The molecule has 1 aromatic heterocycles. The van der Waals surface area contributed by atoms with Crippen LogP contribution in [-0.2, 0) is 11.8 Å². The zero-order valence-corrected chi connectivity index (χ0v) is 16.1. The molecule has 0 aliphatic rings. The molecular formula is C18H18BrN3OS. The van der Waals surface area contributed by atoms with Crippen molar-refractivity contribution in [1.29, 1.82) is 0 Å². The van der Waals surface area contributed by atoms with Crippen LogP contribution in [0.4, 0.5) is 5.69 Å². The summed E-state index contributed by atoms with van der Waals surface area (Å²) < 4.78 is 2.90. The SMILES string of the molecule is Cc1ccc(NC(=O)C(C)Sc2nc3ccccc3n2C)c(Br)c1. The summed E-state index contributed by atoms with van der Waals surface area (Å²) in [5, 5.41) is 3.55. The van der Waals surface area contributed by atoms with Crippen molar-refractivity contribution in [2.75, 3.05) is 5.32 Å². The van der Waals surface area contributed by atoms with E-state index in [0.717, 1.165) is 31.9 Å². The number of aromatic nitrogens is 2. The van der Waals surface area contributed by atoms with E-state index >= 15 is 0 Å². The molecule has 1 unspecified atom stereocenters. The Morgan fingerprint density at radius 2 is 2.04 bits per heavy atom. The van der Waals surface area contributed by atoms with Gasteiger partial charge in [-0.3, -0.25) is 4.79 Å². The van der Waals surface area contributed by atoms with Crippen molar-refractivity contribution in [1.82, 2.24) is 9.55 Å². The van der Waals surface area contributed by atoms with Gasteiger partial charge in [0.15, 0.2) is 5.16 Å². The predicted octanol–water partition coefficient (Wildman–Crippen LogP) is 4.76. The maximum atomic E-state index is 12.5. The largest absolute Gasteiger partial charge is 0.324 e. The van der Waals surface area contributed by atoms with Crippen molar-refractivity contribution >= 4 is 50.3 Å². The van der Waals surface area contributed by atoms with E-state index in [-0.39, 0.29) is 11.2 Å². The molecule has 1 heterocycles. The number of anilines is 1. The third-order valence-corrected chi connectivity index (χ3v) is 5.58. The molecule has 24 heavy (non-hydrogen) atoms. The lowest BCUT2D eigenvalue weighted by Gasteiger charge is -2.13. The zero-order valence-electron chi connectivity index (χ0n) is 13.7. The minimum absolute atomic E-state index is 0.0448. The first kappa shape index (κ1) is 17.0. The molecule has 0 aliphatic carbocycles. The summed E-state index contributed by atoms with van der Waals surface area (Å²) >= 11 is 4.95. The van der Waals surface area contributed by atoms with E-state index in [0.29, 0.717) is 0 Å². The number of fused-ring (bicyclic) bond motifs is 1. The molecule has 0 aliphatic heterocycles. The number of nitrogens with one attached hydrogen (secondary N) is 1. The van der Waals surface area contributed by atoms with E-state index in [9.17, 15) is 4.79 Å². The van der Waals surface area contributed by atoms with Crippen LogP contribution in [-0.4, -0.2) is 20.7 Å². The quantitative estimate of drug-likeness (QED) is 0.638. The number of amides is 1. The smallest absolute Gasteiger partial charge is 0.237 e. The second-order valence-electron chi connectivity index (χ2n) is 5.67. The predicted molar refractivity (Wildman–Crippen MR) is 104 cm³/mol. The number of aryl methyl sites for hydroxylation is 2. The van der Waals surface area contributed by atoms with Crippen LogP contribution < -0.4 is 5.32 Å². The average Bonchev–Trinajstić information content (AvgIpc) is 2.86. The number of nitrogens with zero attached hydrogens (tertiary/aromatic N) is 2. The third kappa shape index (κ3) is 3.49. The summed E-state index contributed by atoms with van der Waals surface area (Å²) in [6, 6.07) is 13.8. The minimum atomic E-state index is -0.256. The van der Waals surface area contributed by atoms with Gasteiger partial charge < -0.3 is 9.88 Å². The van der Waals surface area contributed by atoms with Gasteiger partial charge in [0.25, 0.3) is 0 Å². The first-order valence-corrected chi connectivity index (χ1v) is 9.28. The highest BCUT2D eigenvalue weighted by Gasteiger charge is 2.19. The number of imidazole rings is 1. The van der Waals surface area contributed by atoms with Crippen LogP contribution in [0.2, 0.25) is 0 Å². The number of thioether (sulfide) groups is 1. The molecular weight excluding hydrogens is 386 g/mol. The number of halogens is 1. The summed E-state index contributed by atoms with van der Waals surface area (Å²) in [7, 11) is 1.97. The number of carbonyl (C=O) groups is 1. The van der Waals surface area contributed by atoms with Gasteiger partial charge in [0.05, 0.1) is 22.0 Å². The third-order valence-electron chi connectivity index (χ3n) is 3.78. The molecule has 1 N–H and O–H groups in total. The van der Waals surface area contributed by atoms with Gasteiger partial charge in [0, 0.05) is 11.5 Å². The van der Waals surface area contributed by atoms with Gasteiger partial charge in [-0.1, -0.05) is 30.0 Å². The van der Waals surface area contributed by atoms with Gasteiger partial charge in [-0.25, -0.2) is 4.98 Å². The second-order valence-corrected chi connectivity index (χ2v) is 7.84. The fraction of sp³-hybridized carbons (Fsp3) is 0.222. The van der Waals surface area contributed by atoms with Gasteiger partial charge in [-0.05, 0) is 59.6 Å². The molecule has 1 amide bonds. The summed E-state index contributed by atoms with van der Waals surface area (Å²) in [5.74, 6) is -0.0448. The van der Waals surface area contributed by atoms with Crippen LogP contribution in [0.25, 0.3) is 11.0 Å². The lowest BCUT2D eigenvalue weighted by atomic mass is 10.2. The Kier molecular flexibility index (Phi) is 4.96. The normalized spacial score (nSPS) is 12.3. The highest BCUT2D eigenvalue weighted by atomic mass is 79.9. The number of carbonyl (C=O) groups excluding carboxylic acids is 1. The maximum absolute atomic E-state index is 12.5. The topological polar surface area (TPSA) is 46.9 Å². The Morgan fingerprint density at radius 1 is 1.29 bits per heavy atom. The summed E-state index contributed by atoms with van der Waals surface area (Å²) in [4.78, 5) is 17.1. The summed E-state index contributed by atoms with van der Waals surface area (Å²) in [6.07, 6.45) is 0. The van der Waals surface area contributed by atoms with Gasteiger partial charge in [0.1, 0.15) is 0 Å². The van der Waals surface area contributed by atoms with Crippen molar-refractivity contribution in [3.8, 4) is 0 Å². The molecule has 0 radical (unpaired) electrons. The maximum Gasteiger partial charge on any atom is 0.237 e. The Labute approximate surface area is 153 Å². The molecule has 0 saturated carbocycles.